The molecule has 1 unspecified atom stereocenters. The van der Waals surface area contributed by atoms with Gasteiger partial charge in [-0.1, -0.05) is 23.7 Å². The summed E-state index contributed by atoms with van der Waals surface area (Å²) in [6.07, 6.45) is 2.34. The highest BCUT2D eigenvalue weighted by molar-refractivity contribution is 6.30. The molecular weight excluding hydrogens is 309 g/mol. The molecule has 1 aliphatic rings. The summed E-state index contributed by atoms with van der Waals surface area (Å²) in [4.78, 5) is 14.2. The monoisotopic (exact) mass is 331 g/mol. The maximum Gasteiger partial charge on any atom is 0.234 e. The fraction of sp³-hybridized carbons (Fsp3) is 0.533. The second kappa shape index (κ2) is 9.26. The molecule has 0 saturated carbocycles. The molecule has 0 spiro atoms. The summed E-state index contributed by atoms with van der Waals surface area (Å²) in [6.45, 7) is 2.99. The summed E-state index contributed by atoms with van der Waals surface area (Å²) >= 11 is 5.83. The summed E-state index contributed by atoms with van der Waals surface area (Å²) < 4.78 is 0. The molecule has 21 heavy (non-hydrogen) atoms. The van der Waals surface area contributed by atoms with Crippen molar-refractivity contribution in [1.29, 1.82) is 0 Å². The lowest BCUT2D eigenvalue weighted by atomic mass is 10.1. The van der Waals surface area contributed by atoms with Gasteiger partial charge in [0.05, 0.1) is 6.54 Å². The number of piperidine rings is 1. The average Bonchev–Trinajstić information content (AvgIpc) is 2.47. The number of nitrogens with zero attached hydrogens (tertiary/aromatic N) is 1. The molecule has 0 aliphatic carbocycles. The van der Waals surface area contributed by atoms with Crippen LogP contribution in [0.25, 0.3) is 0 Å². The van der Waals surface area contributed by atoms with E-state index in [2.05, 4.69) is 15.5 Å². The summed E-state index contributed by atoms with van der Waals surface area (Å²) in [7, 11) is 1.98. The van der Waals surface area contributed by atoms with Crippen molar-refractivity contribution in [2.24, 2.45) is 0 Å². The van der Waals surface area contributed by atoms with Crippen LogP contribution in [0.15, 0.2) is 24.3 Å². The number of benzene rings is 1. The Balaban J connectivity index is 0.00000220. The van der Waals surface area contributed by atoms with Crippen LogP contribution in [0.1, 0.15) is 18.4 Å². The van der Waals surface area contributed by atoms with E-state index >= 15 is 0 Å². The molecule has 4 nitrogen and oxygen atoms in total. The van der Waals surface area contributed by atoms with Gasteiger partial charge in [0.15, 0.2) is 0 Å². The van der Waals surface area contributed by atoms with Crippen LogP contribution in [0.4, 0.5) is 0 Å². The van der Waals surface area contributed by atoms with E-state index in [4.69, 9.17) is 11.6 Å². The highest BCUT2D eigenvalue weighted by Crippen LogP contribution is 2.10. The van der Waals surface area contributed by atoms with Gasteiger partial charge in [0.1, 0.15) is 0 Å². The molecule has 1 aromatic rings. The highest BCUT2D eigenvalue weighted by atomic mass is 35.5. The van der Waals surface area contributed by atoms with Gasteiger partial charge in [-0.25, -0.2) is 0 Å². The van der Waals surface area contributed by atoms with Gasteiger partial charge in [-0.3, -0.25) is 9.69 Å². The lowest BCUT2D eigenvalue weighted by Crippen LogP contribution is -2.47. The predicted molar refractivity (Wildman–Crippen MR) is 89.1 cm³/mol. The zero-order valence-corrected chi connectivity index (χ0v) is 13.8. The van der Waals surface area contributed by atoms with Gasteiger partial charge in [0.2, 0.25) is 5.91 Å². The number of halogens is 2. The molecule has 0 bridgehead atoms. The first kappa shape index (κ1) is 18.2. The topological polar surface area (TPSA) is 44.4 Å². The molecule has 0 radical (unpaired) electrons. The first-order valence-electron chi connectivity index (χ1n) is 7.08. The number of likely N-dealkylation sites (tertiary alicyclic amines) is 1. The van der Waals surface area contributed by atoms with Crippen LogP contribution in [0.2, 0.25) is 5.02 Å². The maximum absolute atomic E-state index is 11.9. The number of rotatable bonds is 5. The van der Waals surface area contributed by atoms with Crippen molar-refractivity contribution in [2.45, 2.75) is 25.4 Å². The molecule has 0 aromatic heterocycles. The van der Waals surface area contributed by atoms with E-state index in [1.165, 1.54) is 6.42 Å². The molecule has 1 atom stereocenters. The van der Waals surface area contributed by atoms with Crippen LogP contribution in [0.3, 0.4) is 0 Å². The van der Waals surface area contributed by atoms with Crippen molar-refractivity contribution in [3.05, 3.63) is 34.9 Å². The molecule has 1 saturated heterocycles. The number of carbonyl (C=O) groups is 1. The SMILES string of the molecule is CNC1CCCN(CC(=O)NCc2ccc(Cl)cc2)C1.Cl. The van der Waals surface area contributed by atoms with Crippen LogP contribution >= 0.6 is 24.0 Å². The summed E-state index contributed by atoms with van der Waals surface area (Å²) in [5.74, 6) is 0.0803. The normalized spacial score (nSPS) is 18.9. The standard InChI is InChI=1S/C15H22ClN3O.ClH/c1-17-14-3-2-8-19(10-14)11-15(20)18-9-12-4-6-13(16)7-5-12;/h4-7,14,17H,2-3,8-11H2,1H3,(H,18,20);1H. The second-order valence-corrected chi connectivity index (χ2v) is 5.70. The van der Waals surface area contributed by atoms with E-state index in [0.717, 1.165) is 25.1 Å². The van der Waals surface area contributed by atoms with Crippen molar-refractivity contribution in [1.82, 2.24) is 15.5 Å². The van der Waals surface area contributed by atoms with Crippen LogP contribution in [0.5, 0.6) is 0 Å². The van der Waals surface area contributed by atoms with E-state index in [1.807, 2.05) is 31.3 Å². The Morgan fingerprint density at radius 3 is 2.76 bits per heavy atom. The first-order valence-corrected chi connectivity index (χ1v) is 7.46. The van der Waals surface area contributed by atoms with Gasteiger partial charge in [-0.2, -0.15) is 0 Å². The minimum absolute atomic E-state index is 0. The molecule has 2 rings (SSSR count). The number of carbonyl (C=O) groups excluding carboxylic acids is 1. The average molecular weight is 332 g/mol. The zero-order chi connectivity index (χ0) is 14.4. The molecule has 1 amide bonds. The third-order valence-electron chi connectivity index (χ3n) is 3.68. The quantitative estimate of drug-likeness (QED) is 0.868. The van der Waals surface area contributed by atoms with Gasteiger partial charge < -0.3 is 10.6 Å². The smallest absolute Gasteiger partial charge is 0.234 e. The molecule has 1 aliphatic heterocycles. The number of hydrogen-bond donors (Lipinski definition) is 2. The largest absolute Gasteiger partial charge is 0.351 e. The molecule has 1 heterocycles. The second-order valence-electron chi connectivity index (χ2n) is 5.27. The Morgan fingerprint density at radius 1 is 1.38 bits per heavy atom. The van der Waals surface area contributed by atoms with Gasteiger partial charge in [-0.15, -0.1) is 12.4 Å². The van der Waals surface area contributed by atoms with Crippen LogP contribution in [0, 0.1) is 0 Å². The van der Waals surface area contributed by atoms with Crippen molar-refractivity contribution in [3.8, 4) is 0 Å². The first-order chi connectivity index (χ1) is 9.67. The van der Waals surface area contributed by atoms with Crippen LogP contribution in [-0.2, 0) is 11.3 Å². The van der Waals surface area contributed by atoms with E-state index in [9.17, 15) is 4.79 Å². The van der Waals surface area contributed by atoms with Gasteiger partial charge >= 0.3 is 0 Å². The zero-order valence-electron chi connectivity index (χ0n) is 12.3. The molecule has 2 N–H and O–H groups in total. The molecule has 118 valence electrons. The van der Waals surface area contributed by atoms with E-state index in [0.29, 0.717) is 24.2 Å². The molecule has 1 fully saturated rings. The molecule has 1 aromatic carbocycles. The Bertz CT molecular complexity index is 439. The van der Waals surface area contributed by atoms with Gasteiger partial charge in [-0.05, 0) is 44.1 Å². The number of nitrogens with one attached hydrogen (secondary N) is 2. The summed E-state index contributed by atoms with van der Waals surface area (Å²) in [6, 6.07) is 8.05. The Hall–Kier alpha value is -0.810. The van der Waals surface area contributed by atoms with Gasteiger partial charge in [0.25, 0.3) is 0 Å². The molecule has 6 heteroatoms. The third-order valence-corrected chi connectivity index (χ3v) is 3.94. The summed E-state index contributed by atoms with van der Waals surface area (Å²) in [5, 5.41) is 6.95. The Kier molecular flexibility index (Phi) is 8.04. The van der Waals surface area contributed by atoms with Crippen molar-refractivity contribution in [2.75, 3.05) is 26.7 Å². The minimum atomic E-state index is 0. The van der Waals surface area contributed by atoms with Crippen LogP contribution in [-0.4, -0.2) is 43.5 Å². The van der Waals surface area contributed by atoms with E-state index < -0.39 is 0 Å². The number of hydrogen-bond acceptors (Lipinski definition) is 3. The highest BCUT2D eigenvalue weighted by Gasteiger charge is 2.19. The van der Waals surface area contributed by atoms with Crippen LogP contribution < -0.4 is 10.6 Å². The lowest BCUT2D eigenvalue weighted by molar-refractivity contribution is -0.122. The fourth-order valence-electron chi connectivity index (χ4n) is 2.50. The number of amides is 1. The van der Waals surface area contributed by atoms with E-state index in [1.54, 1.807) is 0 Å². The minimum Gasteiger partial charge on any atom is -0.351 e. The van der Waals surface area contributed by atoms with Gasteiger partial charge in [0, 0.05) is 24.2 Å². The maximum atomic E-state index is 11.9. The number of likely N-dealkylation sites (N-methyl/N-ethyl adjacent to an activating group) is 1. The Morgan fingerprint density at radius 2 is 2.10 bits per heavy atom. The fourth-order valence-corrected chi connectivity index (χ4v) is 2.62. The van der Waals surface area contributed by atoms with E-state index in [-0.39, 0.29) is 18.3 Å². The predicted octanol–water partition coefficient (Wildman–Crippen LogP) is 2.06. The van der Waals surface area contributed by atoms with Crippen molar-refractivity contribution in [3.63, 3.8) is 0 Å². The third kappa shape index (κ3) is 6.22. The summed E-state index contributed by atoms with van der Waals surface area (Å²) in [5.41, 5.74) is 1.06. The van der Waals surface area contributed by atoms with Crippen molar-refractivity contribution < 1.29 is 4.79 Å². The lowest BCUT2D eigenvalue weighted by Gasteiger charge is -2.31. The molecular formula is C15H23Cl2N3O. The van der Waals surface area contributed by atoms with Crippen molar-refractivity contribution >= 4 is 29.9 Å². The Labute approximate surface area is 137 Å².